The van der Waals surface area contributed by atoms with Gasteiger partial charge in [-0.3, -0.25) is 10.1 Å². The Labute approximate surface area is 99.9 Å². The normalized spacial score (nSPS) is 9.29. The monoisotopic (exact) mass is 234 g/mol. The Bertz CT molecular complexity index is 461. The lowest BCUT2D eigenvalue weighted by atomic mass is 10.2. The van der Waals surface area contributed by atoms with Crippen LogP contribution < -0.4 is 10.1 Å². The van der Waals surface area contributed by atoms with E-state index in [4.69, 9.17) is 4.74 Å². The van der Waals surface area contributed by atoms with Crippen LogP contribution >= 0.6 is 0 Å². The number of hydrogen-bond acceptors (Lipinski definition) is 4. The molecule has 0 atom stereocenters. The van der Waals surface area contributed by atoms with E-state index in [1.807, 2.05) is 0 Å². The van der Waals surface area contributed by atoms with Gasteiger partial charge in [-0.05, 0) is 25.6 Å². The third-order valence-corrected chi connectivity index (χ3v) is 2.08. The minimum Gasteiger partial charge on any atom is -0.474 e. The van der Waals surface area contributed by atoms with Crippen LogP contribution in [0.2, 0.25) is 0 Å². The Morgan fingerprint density at radius 3 is 2.88 bits per heavy atom. The van der Waals surface area contributed by atoms with Crippen LogP contribution in [0.15, 0.2) is 18.2 Å². The Kier molecular flexibility index (Phi) is 4.98. The van der Waals surface area contributed by atoms with Crippen LogP contribution in [0.5, 0.6) is 5.75 Å². The van der Waals surface area contributed by atoms with Gasteiger partial charge in [-0.15, -0.1) is 5.92 Å². The molecule has 0 aliphatic carbocycles. The largest absolute Gasteiger partial charge is 0.474 e. The molecule has 1 aromatic rings. The van der Waals surface area contributed by atoms with Crippen molar-refractivity contribution in [3.63, 3.8) is 0 Å². The molecule has 0 aliphatic rings. The molecule has 1 N–H and O–H groups in total. The van der Waals surface area contributed by atoms with Crippen LogP contribution in [-0.4, -0.2) is 18.6 Å². The van der Waals surface area contributed by atoms with E-state index in [0.717, 1.165) is 5.56 Å². The number of nitrogens with one attached hydrogen (secondary N) is 1. The van der Waals surface area contributed by atoms with Gasteiger partial charge in [0.05, 0.1) is 4.92 Å². The first kappa shape index (κ1) is 13.0. The molecule has 0 unspecified atom stereocenters. The molecule has 0 fully saturated rings. The molecule has 1 rings (SSSR count). The number of ether oxygens (including phenoxy) is 1. The van der Waals surface area contributed by atoms with Gasteiger partial charge in [-0.25, -0.2) is 0 Å². The van der Waals surface area contributed by atoms with Crippen molar-refractivity contribution in [2.24, 2.45) is 0 Å². The number of rotatable bonds is 5. The minimum atomic E-state index is -0.451. The first-order chi connectivity index (χ1) is 8.19. The molecule has 0 radical (unpaired) electrons. The number of nitro groups is 1. The lowest BCUT2D eigenvalue weighted by molar-refractivity contribution is -0.385. The van der Waals surface area contributed by atoms with Gasteiger partial charge in [0.2, 0.25) is 0 Å². The van der Waals surface area contributed by atoms with E-state index in [0.29, 0.717) is 6.54 Å². The van der Waals surface area contributed by atoms with Gasteiger partial charge in [-0.2, -0.15) is 0 Å². The highest BCUT2D eigenvalue weighted by atomic mass is 16.6. The highest BCUT2D eigenvalue weighted by molar-refractivity contribution is 5.48. The van der Waals surface area contributed by atoms with Crippen LogP contribution in [0, 0.1) is 22.0 Å². The second-order valence-electron chi connectivity index (χ2n) is 3.30. The maximum absolute atomic E-state index is 10.9. The van der Waals surface area contributed by atoms with E-state index in [1.54, 1.807) is 26.1 Å². The van der Waals surface area contributed by atoms with Crippen molar-refractivity contribution < 1.29 is 9.66 Å². The summed E-state index contributed by atoms with van der Waals surface area (Å²) >= 11 is 0. The summed E-state index contributed by atoms with van der Waals surface area (Å²) in [5, 5.41) is 13.8. The first-order valence-corrected chi connectivity index (χ1v) is 5.13. The second-order valence-corrected chi connectivity index (χ2v) is 3.30. The third-order valence-electron chi connectivity index (χ3n) is 2.08. The van der Waals surface area contributed by atoms with E-state index in [-0.39, 0.29) is 18.0 Å². The van der Waals surface area contributed by atoms with Gasteiger partial charge >= 0.3 is 5.69 Å². The first-order valence-electron chi connectivity index (χ1n) is 5.13. The number of benzene rings is 1. The van der Waals surface area contributed by atoms with Crippen molar-refractivity contribution >= 4 is 5.69 Å². The van der Waals surface area contributed by atoms with Crippen molar-refractivity contribution in [1.29, 1.82) is 0 Å². The van der Waals surface area contributed by atoms with Crippen molar-refractivity contribution in [3.8, 4) is 17.6 Å². The molecule has 0 heterocycles. The van der Waals surface area contributed by atoms with Crippen LogP contribution in [0.1, 0.15) is 12.5 Å². The fourth-order valence-corrected chi connectivity index (χ4v) is 1.33. The van der Waals surface area contributed by atoms with Crippen molar-refractivity contribution in [2.45, 2.75) is 13.5 Å². The second kappa shape index (κ2) is 6.51. The highest BCUT2D eigenvalue weighted by Crippen LogP contribution is 2.27. The van der Waals surface area contributed by atoms with Gasteiger partial charge in [0, 0.05) is 12.6 Å². The molecular formula is C12H14N2O3. The standard InChI is InChI=1S/C12H14N2O3/c1-3-4-7-17-12-6-5-10(9-13-2)8-11(12)14(15)16/h5-6,8,13H,7,9H2,1-2H3. The van der Waals surface area contributed by atoms with Crippen molar-refractivity contribution in [2.75, 3.05) is 13.7 Å². The SMILES string of the molecule is CC#CCOc1ccc(CNC)cc1[N+](=O)[O-]. The van der Waals surface area contributed by atoms with Crippen LogP contribution in [-0.2, 0) is 6.54 Å². The molecular weight excluding hydrogens is 220 g/mol. The van der Waals surface area contributed by atoms with E-state index < -0.39 is 4.92 Å². The molecule has 90 valence electrons. The minimum absolute atomic E-state index is 0.0318. The molecule has 0 amide bonds. The molecule has 0 bridgehead atoms. The summed E-state index contributed by atoms with van der Waals surface area (Å²) in [4.78, 5) is 10.4. The maximum atomic E-state index is 10.9. The summed E-state index contributed by atoms with van der Waals surface area (Å²) in [6, 6.07) is 4.89. The van der Waals surface area contributed by atoms with Gasteiger partial charge in [0.25, 0.3) is 0 Å². The Morgan fingerprint density at radius 1 is 1.53 bits per heavy atom. The summed E-state index contributed by atoms with van der Waals surface area (Å²) in [6.45, 7) is 2.42. The zero-order valence-corrected chi connectivity index (χ0v) is 9.82. The van der Waals surface area contributed by atoms with E-state index in [9.17, 15) is 10.1 Å². The summed E-state index contributed by atoms with van der Waals surface area (Å²) in [5.41, 5.74) is 0.809. The van der Waals surface area contributed by atoms with E-state index >= 15 is 0 Å². The molecule has 5 heteroatoms. The average Bonchev–Trinajstić information content (AvgIpc) is 2.31. The topological polar surface area (TPSA) is 64.4 Å². The smallest absolute Gasteiger partial charge is 0.311 e. The van der Waals surface area contributed by atoms with Crippen LogP contribution in [0.25, 0.3) is 0 Å². The molecule has 0 saturated carbocycles. The van der Waals surface area contributed by atoms with E-state index in [2.05, 4.69) is 17.2 Å². The number of nitrogens with zero attached hydrogens (tertiary/aromatic N) is 1. The number of hydrogen-bond donors (Lipinski definition) is 1. The molecule has 0 spiro atoms. The third kappa shape index (κ3) is 3.78. The maximum Gasteiger partial charge on any atom is 0.311 e. The summed E-state index contributed by atoms with van der Waals surface area (Å²) in [5.74, 6) is 5.61. The molecule has 0 saturated heterocycles. The van der Waals surface area contributed by atoms with Crippen molar-refractivity contribution in [3.05, 3.63) is 33.9 Å². The molecule has 1 aromatic carbocycles. The molecule has 0 aromatic heterocycles. The highest BCUT2D eigenvalue weighted by Gasteiger charge is 2.15. The molecule has 17 heavy (non-hydrogen) atoms. The quantitative estimate of drug-likeness (QED) is 0.478. The molecule has 5 nitrogen and oxygen atoms in total. The number of nitro benzene ring substituents is 1. The fourth-order valence-electron chi connectivity index (χ4n) is 1.33. The van der Waals surface area contributed by atoms with Gasteiger partial charge < -0.3 is 10.1 Å². The predicted octanol–water partition coefficient (Wildman–Crippen LogP) is 1.72. The molecule has 0 aliphatic heterocycles. The summed E-state index contributed by atoms with van der Waals surface area (Å²) in [7, 11) is 1.78. The predicted molar refractivity (Wildman–Crippen MR) is 64.8 cm³/mol. The van der Waals surface area contributed by atoms with Crippen LogP contribution in [0.3, 0.4) is 0 Å². The lowest BCUT2D eigenvalue weighted by Gasteiger charge is -2.05. The average molecular weight is 234 g/mol. The zero-order chi connectivity index (χ0) is 12.7. The van der Waals surface area contributed by atoms with Crippen LogP contribution in [0.4, 0.5) is 5.69 Å². The van der Waals surface area contributed by atoms with E-state index in [1.165, 1.54) is 6.07 Å². The Hall–Kier alpha value is -2.06. The summed E-state index contributed by atoms with van der Waals surface area (Å²) in [6.07, 6.45) is 0. The summed E-state index contributed by atoms with van der Waals surface area (Å²) < 4.78 is 5.24. The van der Waals surface area contributed by atoms with Crippen molar-refractivity contribution in [1.82, 2.24) is 5.32 Å². The lowest BCUT2D eigenvalue weighted by Crippen LogP contribution is -2.06. The van der Waals surface area contributed by atoms with Gasteiger partial charge in [-0.1, -0.05) is 12.0 Å². The zero-order valence-electron chi connectivity index (χ0n) is 9.82. The Balaban J connectivity index is 2.94. The van der Waals surface area contributed by atoms with Gasteiger partial charge in [0.15, 0.2) is 5.75 Å². The van der Waals surface area contributed by atoms with Gasteiger partial charge in [0.1, 0.15) is 6.61 Å². The Morgan fingerprint density at radius 2 is 2.29 bits per heavy atom. The fraction of sp³-hybridized carbons (Fsp3) is 0.333.